The second kappa shape index (κ2) is 4.38. The van der Waals surface area contributed by atoms with Gasteiger partial charge < -0.3 is 10.1 Å². The molecule has 1 unspecified atom stereocenters. The summed E-state index contributed by atoms with van der Waals surface area (Å²) in [7, 11) is 0. The van der Waals surface area contributed by atoms with Gasteiger partial charge in [0.05, 0.1) is 0 Å². The molecule has 0 aromatic carbocycles. The number of halogens is 1. The van der Waals surface area contributed by atoms with Crippen molar-refractivity contribution in [3.8, 4) is 0 Å². The van der Waals surface area contributed by atoms with E-state index in [-0.39, 0.29) is 17.7 Å². The normalized spacial score (nSPS) is 27.7. The van der Waals surface area contributed by atoms with Gasteiger partial charge in [0.2, 0.25) is 5.91 Å². The van der Waals surface area contributed by atoms with Gasteiger partial charge in [-0.3, -0.25) is 4.79 Å². The second-order valence-electron chi connectivity index (χ2n) is 4.48. The number of fused-ring (bicyclic) bond motifs is 3. The molecule has 5 heteroatoms. The Balaban J connectivity index is 2.05. The molecule has 0 saturated carbocycles. The van der Waals surface area contributed by atoms with E-state index < -0.39 is 0 Å². The van der Waals surface area contributed by atoms with Crippen LogP contribution in [0.15, 0.2) is 16.7 Å². The summed E-state index contributed by atoms with van der Waals surface area (Å²) in [5.74, 6) is 1.07. The summed E-state index contributed by atoms with van der Waals surface area (Å²) in [6, 6.07) is 2.06. The monoisotopic (exact) mass is 296 g/mol. The number of hydrogen-bond donors (Lipinski definition) is 1. The standard InChI is InChI=1S/C12H13BrN2O2/c13-7-5-10-8-1-3-17-4-2-9(8)12(16)15-11(10)14-6-7/h5-6,8-9H,1-4H2,(H,14,15,16)/t8-,9?/m0/s1. The first kappa shape index (κ1) is 11.2. The Morgan fingerprint density at radius 1 is 1.35 bits per heavy atom. The molecule has 0 bridgehead atoms. The van der Waals surface area contributed by atoms with Crippen LogP contribution in [0.25, 0.3) is 0 Å². The Labute approximate surface area is 108 Å². The van der Waals surface area contributed by atoms with Crippen molar-refractivity contribution in [2.24, 2.45) is 5.92 Å². The third-order valence-electron chi connectivity index (χ3n) is 3.49. The molecule has 3 rings (SSSR count). The number of anilines is 1. The molecule has 1 aromatic heterocycles. The van der Waals surface area contributed by atoms with Crippen LogP contribution in [0.1, 0.15) is 24.3 Å². The van der Waals surface area contributed by atoms with Crippen molar-refractivity contribution in [1.82, 2.24) is 4.98 Å². The number of aromatic nitrogens is 1. The van der Waals surface area contributed by atoms with Crippen LogP contribution in [0.4, 0.5) is 5.82 Å². The lowest BCUT2D eigenvalue weighted by Crippen LogP contribution is -2.34. The first-order chi connectivity index (χ1) is 8.25. The third-order valence-corrected chi connectivity index (χ3v) is 3.93. The number of nitrogens with one attached hydrogen (secondary N) is 1. The lowest BCUT2D eigenvalue weighted by atomic mass is 9.80. The van der Waals surface area contributed by atoms with Gasteiger partial charge in [-0.15, -0.1) is 0 Å². The molecule has 0 spiro atoms. The fourth-order valence-corrected chi connectivity index (χ4v) is 3.01. The predicted molar refractivity (Wildman–Crippen MR) is 66.9 cm³/mol. The van der Waals surface area contributed by atoms with Gasteiger partial charge in [-0.2, -0.15) is 0 Å². The summed E-state index contributed by atoms with van der Waals surface area (Å²) in [5, 5.41) is 2.89. The van der Waals surface area contributed by atoms with Crippen LogP contribution in [0.3, 0.4) is 0 Å². The van der Waals surface area contributed by atoms with E-state index in [0.717, 1.165) is 29.5 Å². The summed E-state index contributed by atoms with van der Waals surface area (Å²) >= 11 is 3.44. The van der Waals surface area contributed by atoms with E-state index in [9.17, 15) is 4.79 Å². The topological polar surface area (TPSA) is 51.2 Å². The highest BCUT2D eigenvalue weighted by Gasteiger charge is 2.37. The lowest BCUT2D eigenvalue weighted by molar-refractivity contribution is -0.121. The molecule has 1 aromatic rings. The summed E-state index contributed by atoms with van der Waals surface area (Å²) < 4.78 is 6.42. The zero-order valence-electron chi connectivity index (χ0n) is 9.28. The number of ether oxygens (including phenoxy) is 1. The van der Waals surface area contributed by atoms with Crippen LogP contribution >= 0.6 is 15.9 Å². The molecule has 90 valence electrons. The first-order valence-electron chi connectivity index (χ1n) is 5.80. The highest BCUT2D eigenvalue weighted by Crippen LogP contribution is 2.40. The number of carbonyl (C=O) groups is 1. The Hall–Kier alpha value is -0.940. The fraction of sp³-hybridized carbons (Fsp3) is 0.500. The molecular weight excluding hydrogens is 284 g/mol. The van der Waals surface area contributed by atoms with E-state index in [2.05, 4.69) is 32.3 Å². The number of carbonyl (C=O) groups excluding carboxylic acids is 1. The molecule has 2 aliphatic rings. The largest absolute Gasteiger partial charge is 0.381 e. The molecule has 17 heavy (non-hydrogen) atoms. The van der Waals surface area contributed by atoms with Crippen molar-refractivity contribution in [2.45, 2.75) is 18.8 Å². The molecule has 0 radical (unpaired) electrons. The molecule has 1 fully saturated rings. The average molecular weight is 297 g/mol. The minimum absolute atomic E-state index is 0.0288. The van der Waals surface area contributed by atoms with E-state index in [1.54, 1.807) is 6.20 Å². The highest BCUT2D eigenvalue weighted by molar-refractivity contribution is 9.10. The van der Waals surface area contributed by atoms with Gasteiger partial charge in [0, 0.05) is 35.7 Å². The van der Waals surface area contributed by atoms with Gasteiger partial charge in [0.15, 0.2) is 0 Å². The minimum atomic E-state index is 0.0288. The van der Waals surface area contributed by atoms with Gasteiger partial charge in [-0.05, 0) is 40.4 Å². The molecule has 1 saturated heterocycles. The Bertz CT molecular complexity index is 464. The summed E-state index contributed by atoms with van der Waals surface area (Å²) in [4.78, 5) is 16.3. The van der Waals surface area contributed by atoms with E-state index in [1.807, 2.05) is 0 Å². The van der Waals surface area contributed by atoms with Crippen molar-refractivity contribution < 1.29 is 9.53 Å². The van der Waals surface area contributed by atoms with Crippen LogP contribution < -0.4 is 5.32 Å². The smallest absolute Gasteiger partial charge is 0.229 e. The Morgan fingerprint density at radius 2 is 2.12 bits per heavy atom. The van der Waals surface area contributed by atoms with Crippen LogP contribution in [0, 0.1) is 5.92 Å². The van der Waals surface area contributed by atoms with Gasteiger partial charge in [0.1, 0.15) is 5.82 Å². The zero-order chi connectivity index (χ0) is 11.8. The van der Waals surface area contributed by atoms with Crippen LogP contribution in [-0.2, 0) is 9.53 Å². The predicted octanol–water partition coefficient (Wildman–Crippen LogP) is 2.31. The van der Waals surface area contributed by atoms with E-state index >= 15 is 0 Å². The van der Waals surface area contributed by atoms with Gasteiger partial charge in [-0.1, -0.05) is 0 Å². The van der Waals surface area contributed by atoms with E-state index in [1.165, 1.54) is 0 Å². The molecule has 4 nitrogen and oxygen atoms in total. The van der Waals surface area contributed by atoms with Gasteiger partial charge in [-0.25, -0.2) is 4.98 Å². The maximum Gasteiger partial charge on any atom is 0.229 e. The molecule has 1 amide bonds. The molecule has 0 aliphatic carbocycles. The quantitative estimate of drug-likeness (QED) is 0.799. The Kier molecular flexibility index (Phi) is 2.88. The SMILES string of the molecule is O=C1Nc2ncc(Br)cc2[C@H]2CCOCCC12. The molecule has 2 atom stereocenters. The van der Waals surface area contributed by atoms with Crippen molar-refractivity contribution in [1.29, 1.82) is 0 Å². The number of amides is 1. The molecule has 3 heterocycles. The molecule has 1 N–H and O–H groups in total. The van der Waals surface area contributed by atoms with Crippen molar-refractivity contribution >= 4 is 27.7 Å². The maximum atomic E-state index is 12.0. The Morgan fingerprint density at radius 3 is 2.94 bits per heavy atom. The lowest BCUT2D eigenvalue weighted by Gasteiger charge is -2.30. The third kappa shape index (κ3) is 1.98. The fourth-order valence-electron chi connectivity index (χ4n) is 2.66. The number of hydrogen-bond acceptors (Lipinski definition) is 3. The summed E-state index contributed by atoms with van der Waals surface area (Å²) in [6.45, 7) is 1.39. The van der Waals surface area contributed by atoms with Crippen molar-refractivity contribution in [3.05, 3.63) is 22.3 Å². The highest BCUT2D eigenvalue weighted by atomic mass is 79.9. The maximum absolute atomic E-state index is 12.0. The van der Waals surface area contributed by atoms with E-state index in [0.29, 0.717) is 12.4 Å². The minimum Gasteiger partial charge on any atom is -0.381 e. The van der Waals surface area contributed by atoms with Crippen LogP contribution in [0.5, 0.6) is 0 Å². The average Bonchev–Trinajstić information content (AvgIpc) is 2.56. The second-order valence-corrected chi connectivity index (χ2v) is 5.40. The van der Waals surface area contributed by atoms with E-state index in [4.69, 9.17) is 4.74 Å². The molecular formula is C12H13BrN2O2. The number of rotatable bonds is 0. The van der Waals surface area contributed by atoms with Gasteiger partial charge in [0.25, 0.3) is 0 Å². The first-order valence-corrected chi connectivity index (χ1v) is 6.59. The van der Waals surface area contributed by atoms with Crippen molar-refractivity contribution in [2.75, 3.05) is 18.5 Å². The number of nitrogens with zero attached hydrogens (tertiary/aromatic N) is 1. The number of pyridine rings is 1. The summed E-state index contributed by atoms with van der Waals surface area (Å²) in [6.07, 6.45) is 3.40. The van der Waals surface area contributed by atoms with Gasteiger partial charge >= 0.3 is 0 Å². The van der Waals surface area contributed by atoms with Crippen molar-refractivity contribution in [3.63, 3.8) is 0 Å². The van der Waals surface area contributed by atoms with Crippen LogP contribution in [-0.4, -0.2) is 24.1 Å². The summed E-state index contributed by atoms with van der Waals surface area (Å²) in [5.41, 5.74) is 1.13. The molecule has 2 aliphatic heterocycles. The zero-order valence-corrected chi connectivity index (χ0v) is 10.9. The van der Waals surface area contributed by atoms with Crippen LogP contribution in [0.2, 0.25) is 0 Å².